The number of primary amides is 1. The van der Waals surface area contributed by atoms with Crippen LogP contribution in [0.1, 0.15) is 18.7 Å². The highest BCUT2D eigenvalue weighted by molar-refractivity contribution is 5.73. The molecule has 1 rings (SSSR count). The monoisotopic (exact) mass is 167 g/mol. The summed E-state index contributed by atoms with van der Waals surface area (Å²) in [5.74, 6) is 0.750. The summed E-state index contributed by atoms with van der Waals surface area (Å²) in [6.07, 6.45) is 5.67. The van der Waals surface area contributed by atoms with Crippen LogP contribution in [0.3, 0.4) is 0 Å². The first-order valence-corrected chi connectivity index (χ1v) is 3.94. The molecule has 12 heavy (non-hydrogen) atoms. The maximum absolute atomic E-state index is 10.4. The standard InChI is InChI=1S/C8H13N3O/c1-11-6-5-10-8(11)4-2-3-7(9)12/h5-6H,2-4H2,1H3,(H2,9,12). The van der Waals surface area contributed by atoms with Gasteiger partial charge in [-0.05, 0) is 6.42 Å². The van der Waals surface area contributed by atoms with Crippen molar-refractivity contribution in [1.29, 1.82) is 0 Å². The van der Waals surface area contributed by atoms with Gasteiger partial charge >= 0.3 is 0 Å². The Balaban J connectivity index is 2.33. The Hall–Kier alpha value is -1.32. The van der Waals surface area contributed by atoms with Crippen molar-refractivity contribution < 1.29 is 4.79 Å². The quantitative estimate of drug-likeness (QED) is 0.697. The van der Waals surface area contributed by atoms with E-state index in [4.69, 9.17) is 5.73 Å². The second kappa shape index (κ2) is 3.90. The lowest BCUT2D eigenvalue weighted by Crippen LogP contribution is -2.10. The number of carbonyl (C=O) groups excluding carboxylic acids is 1. The van der Waals surface area contributed by atoms with Crippen LogP contribution in [0.15, 0.2) is 12.4 Å². The van der Waals surface area contributed by atoms with E-state index in [0.717, 1.165) is 18.7 Å². The number of nitrogens with zero attached hydrogens (tertiary/aromatic N) is 2. The number of aromatic nitrogens is 2. The first kappa shape index (κ1) is 8.77. The molecule has 0 aliphatic heterocycles. The van der Waals surface area contributed by atoms with Gasteiger partial charge in [0.25, 0.3) is 0 Å². The average Bonchev–Trinajstić information content (AvgIpc) is 2.36. The van der Waals surface area contributed by atoms with Crippen molar-refractivity contribution in [2.45, 2.75) is 19.3 Å². The summed E-state index contributed by atoms with van der Waals surface area (Å²) in [5.41, 5.74) is 5.00. The van der Waals surface area contributed by atoms with Gasteiger partial charge in [0.15, 0.2) is 0 Å². The summed E-state index contributed by atoms with van der Waals surface area (Å²) < 4.78 is 1.95. The summed E-state index contributed by atoms with van der Waals surface area (Å²) in [6.45, 7) is 0. The zero-order valence-electron chi connectivity index (χ0n) is 7.16. The Labute approximate surface area is 71.4 Å². The Morgan fingerprint density at radius 2 is 2.50 bits per heavy atom. The molecular weight excluding hydrogens is 154 g/mol. The molecule has 1 heterocycles. The number of aryl methyl sites for hydroxylation is 2. The highest BCUT2D eigenvalue weighted by atomic mass is 16.1. The predicted molar refractivity (Wildman–Crippen MR) is 45.3 cm³/mol. The Bertz CT molecular complexity index is 267. The molecule has 2 N–H and O–H groups in total. The van der Waals surface area contributed by atoms with E-state index in [-0.39, 0.29) is 5.91 Å². The van der Waals surface area contributed by atoms with Crippen molar-refractivity contribution in [3.8, 4) is 0 Å². The third-order valence-electron chi connectivity index (χ3n) is 1.74. The molecule has 4 nitrogen and oxygen atoms in total. The lowest BCUT2D eigenvalue weighted by atomic mass is 10.2. The molecule has 1 aromatic rings. The van der Waals surface area contributed by atoms with Crippen LogP contribution in [0.2, 0.25) is 0 Å². The molecule has 0 radical (unpaired) electrons. The predicted octanol–water partition coefficient (Wildman–Crippen LogP) is 0.228. The van der Waals surface area contributed by atoms with Crippen molar-refractivity contribution in [1.82, 2.24) is 9.55 Å². The van der Waals surface area contributed by atoms with Gasteiger partial charge < -0.3 is 10.3 Å². The Kier molecular flexibility index (Phi) is 2.85. The largest absolute Gasteiger partial charge is 0.370 e. The average molecular weight is 167 g/mol. The van der Waals surface area contributed by atoms with Crippen LogP contribution in [0.5, 0.6) is 0 Å². The highest BCUT2D eigenvalue weighted by Gasteiger charge is 1.99. The van der Waals surface area contributed by atoms with Crippen LogP contribution in [0.4, 0.5) is 0 Å². The molecule has 66 valence electrons. The number of imidazole rings is 1. The van der Waals surface area contributed by atoms with Crippen LogP contribution < -0.4 is 5.73 Å². The fourth-order valence-corrected chi connectivity index (χ4v) is 1.06. The fourth-order valence-electron chi connectivity index (χ4n) is 1.06. The molecule has 1 aromatic heterocycles. The number of carbonyl (C=O) groups is 1. The van der Waals surface area contributed by atoms with E-state index in [1.54, 1.807) is 6.20 Å². The molecular formula is C8H13N3O. The maximum Gasteiger partial charge on any atom is 0.217 e. The van der Waals surface area contributed by atoms with Gasteiger partial charge in [-0.1, -0.05) is 0 Å². The Morgan fingerprint density at radius 1 is 1.75 bits per heavy atom. The molecule has 0 saturated heterocycles. The molecule has 0 aliphatic carbocycles. The van der Waals surface area contributed by atoms with Crippen molar-refractivity contribution in [3.63, 3.8) is 0 Å². The summed E-state index contributed by atoms with van der Waals surface area (Å²) in [6, 6.07) is 0. The number of hydrogen-bond donors (Lipinski definition) is 1. The summed E-state index contributed by atoms with van der Waals surface area (Å²) in [4.78, 5) is 14.5. The maximum atomic E-state index is 10.4. The molecule has 0 aromatic carbocycles. The van der Waals surface area contributed by atoms with E-state index < -0.39 is 0 Å². The molecule has 0 aliphatic rings. The third kappa shape index (κ3) is 2.38. The van der Waals surface area contributed by atoms with Gasteiger partial charge in [0, 0.05) is 32.3 Å². The van der Waals surface area contributed by atoms with Gasteiger partial charge in [0.1, 0.15) is 5.82 Å². The first-order valence-electron chi connectivity index (χ1n) is 3.94. The summed E-state index contributed by atoms with van der Waals surface area (Å²) in [7, 11) is 1.94. The lowest BCUT2D eigenvalue weighted by Gasteiger charge is -1.99. The van der Waals surface area contributed by atoms with Crippen LogP contribution in [0.25, 0.3) is 0 Å². The minimum Gasteiger partial charge on any atom is -0.370 e. The van der Waals surface area contributed by atoms with Gasteiger partial charge in [0.2, 0.25) is 5.91 Å². The number of amides is 1. The van der Waals surface area contributed by atoms with Crippen molar-refractivity contribution in [2.75, 3.05) is 0 Å². The first-order chi connectivity index (χ1) is 5.70. The van der Waals surface area contributed by atoms with E-state index in [2.05, 4.69) is 4.98 Å². The molecule has 4 heteroatoms. The number of nitrogens with two attached hydrogens (primary N) is 1. The zero-order valence-corrected chi connectivity index (χ0v) is 7.16. The number of hydrogen-bond acceptors (Lipinski definition) is 2. The minimum atomic E-state index is -0.246. The zero-order chi connectivity index (χ0) is 8.97. The molecule has 0 unspecified atom stereocenters. The van der Waals surface area contributed by atoms with E-state index in [1.165, 1.54) is 0 Å². The molecule has 0 fully saturated rings. The number of rotatable bonds is 4. The summed E-state index contributed by atoms with van der Waals surface area (Å²) in [5, 5.41) is 0. The van der Waals surface area contributed by atoms with Crippen molar-refractivity contribution >= 4 is 5.91 Å². The van der Waals surface area contributed by atoms with Crippen molar-refractivity contribution in [2.24, 2.45) is 12.8 Å². The van der Waals surface area contributed by atoms with Gasteiger partial charge in [-0.2, -0.15) is 0 Å². The van der Waals surface area contributed by atoms with E-state index >= 15 is 0 Å². The summed E-state index contributed by atoms with van der Waals surface area (Å²) >= 11 is 0. The SMILES string of the molecule is Cn1ccnc1CCCC(N)=O. The molecule has 1 amide bonds. The second-order valence-electron chi connectivity index (χ2n) is 2.77. The van der Waals surface area contributed by atoms with E-state index in [9.17, 15) is 4.79 Å². The molecule has 0 saturated carbocycles. The van der Waals surface area contributed by atoms with Crippen LogP contribution >= 0.6 is 0 Å². The smallest absolute Gasteiger partial charge is 0.217 e. The van der Waals surface area contributed by atoms with E-state index in [0.29, 0.717) is 6.42 Å². The topological polar surface area (TPSA) is 60.9 Å². The van der Waals surface area contributed by atoms with Crippen molar-refractivity contribution in [3.05, 3.63) is 18.2 Å². The minimum absolute atomic E-state index is 0.246. The van der Waals surface area contributed by atoms with E-state index in [1.807, 2.05) is 17.8 Å². The van der Waals surface area contributed by atoms with Crippen LogP contribution in [-0.2, 0) is 18.3 Å². The van der Waals surface area contributed by atoms with Crippen LogP contribution in [0, 0.1) is 0 Å². The van der Waals surface area contributed by atoms with Gasteiger partial charge in [-0.15, -0.1) is 0 Å². The highest BCUT2D eigenvalue weighted by Crippen LogP contribution is 2.00. The normalized spacial score (nSPS) is 10.1. The van der Waals surface area contributed by atoms with Crippen LogP contribution in [-0.4, -0.2) is 15.5 Å². The Morgan fingerprint density at radius 3 is 3.00 bits per heavy atom. The van der Waals surface area contributed by atoms with Gasteiger partial charge in [-0.3, -0.25) is 4.79 Å². The molecule has 0 spiro atoms. The fraction of sp³-hybridized carbons (Fsp3) is 0.500. The second-order valence-corrected chi connectivity index (χ2v) is 2.77. The molecule has 0 bridgehead atoms. The lowest BCUT2D eigenvalue weighted by molar-refractivity contribution is -0.118. The third-order valence-corrected chi connectivity index (χ3v) is 1.74. The van der Waals surface area contributed by atoms with Gasteiger partial charge in [-0.25, -0.2) is 4.98 Å². The van der Waals surface area contributed by atoms with Gasteiger partial charge in [0.05, 0.1) is 0 Å². The molecule has 0 atom stereocenters.